The van der Waals surface area contributed by atoms with Gasteiger partial charge in [0.15, 0.2) is 6.17 Å². The zero-order valence-electron chi connectivity index (χ0n) is 9.85. The Kier molecular flexibility index (Phi) is 4.13. The molecule has 1 heterocycles. The Labute approximate surface area is 107 Å². The minimum Gasteiger partial charge on any atom is -0.490 e. The number of urea groups is 1. The van der Waals surface area contributed by atoms with E-state index in [0.29, 0.717) is 5.56 Å². The Morgan fingerprint density at radius 1 is 1.37 bits per heavy atom. The molecule has 1 aliphatic rings. The van der Waals surface area contributed by atoms with Crippen molar-refractivity contribution >= 4 is 6.03 Å². The number of benzene rings is 1. The highest BCUT2D eigenvalue weighted by molar-refractivity contribution is 5.76. The Hall–Kier alpha value is -1.92. The monoisotopic (exact) mass is 273 g/mol. The average molecular weight is 273 g/mol. The lowest BCUT2D eigenvalue weighted by atomic mass is 10.1. The molecule has 1 N–H and O–H groups in total. The van der Waals surface area contributed by atoms with Gasteiger partial charge in [-0.3, -0.25) is 0 Å². The molecule has 1 radical (unpaired) electrons. The van der Waals surface area contributed by atoms with Crippen molar-refractivity contribution in [2.24, 2.45) is 0 Å². The molecule has 1 aliphatic heterocycles. The van der Waals surface area contributed by atoms with Gasteiger partial charge >= 0.3 is 6.03 Å². The van der Waals surface area contributed by atoms with Gasteiger partial charge in [0, 0.05) is 5.56 Å². The number of carbonyl (C=O) groups is 1. The first-order chi connectivity index (χ1) is 9.08. The third-order valence-electron chi connectivity index (χ3n) is 2.68. The molecule has 2 atom stereocenters. The second kappa shape index (κ2) is 5.81. The van der Waals surface area contributed by atoms with E-state index in [1.54, 1.807) is 18.2 Å². The zero-order valence-corrected chi connectivity index (χ0v) is 9.85. The number of hydrogen-bond acceptors (Lipinski definition) is 2. The lowest BCUT2D eigenvalue weighted by molar-refractivity contribution is 0.0228. The van der Waals surface area contributed by atoms with E-state index in [0.717, 1.165) is 0 Å². The fourth-order valence-corrected chi connectivity index (χ4v) is 1.73. The highest BCUT2D eigenvalue weighted by Crippen LogP contribution is 2.27. The Morgan fingerprint density at radius 3 is 2.74 bits per heavy atom. The Balaban J connectivity index is 2.06. The second-order valence-electron chi connectivity index (χ2n) is 4.04. The zero-order chi connectivity index (χ0) is 13.8. The van der Waals surface area contributed by atoms with E-state index in [4.69, 9.17) is 4.74 Å². The third-order valence-corrected chi connectivity index (χ3v) is 2.68. The first-order valence-electron chi connectivity index (χ1n) is 5.70. The van der Waals surface area contributed by atoms with Crippen LogP contribution in [0, 0.1) is 0 Å². The molecule has 1 aromatic carbocycles. The number of amides is 2. The summed E-state index contributed by atoms with van der Waals surface area (Å²) in [6.07, 6.45) is -5.41. The van der Waals surface area contributed by atoms with Crippen molar-refractivity contribution in [2.75, 3.05) is 13.2 Å². The van der Waals surface area contributed by atoms with E-state index >= 15 is 0 Å². The summed E-state index contributed by atoms with van der Waals surface area (Å²) >= 11 is 0. The third kappa shape index (κ3) is 3.30. The molecule has 0 aliphatic carbocycles. The summed E-state index contributed by atoms with van der Waals surface area (Å²) in [6.45, 7) is -0.487. The molecule has 19 heavy (non-hydrogen) atoms. The fraction of sp³-hybridized carbons (Fsp3) is 0.417. The molecule has 2 unspecified atom stereocenters. The van der Waals surface area contributed by atoms with Crippen LogP contribution < -0.4 is 15.4 Å². The quantitative estimate of drug-likeness (QED) is 0.892. The van der Waals surface area contributed by atoms with Crippen LogP contribution in [-0.2, 0) is 0 Å². The van der Waals surface area contributed by atoms with Gasteiger partial charge in [-0.2, -0.15) is 0 Å². The summed E-state index contributed by atoms with van der Waals surface area (Å²) in [5, 5.41) is 6.25. The predicted octanol–water partition coefficient (Wildman–Crippen LogP) is 2.04. The second-order valence-corrected chi connectivity index (χ2v) is 4.04. The number of hydrogen-bond donors (Lipinski definition) is 1. The van der Waals surface area contributed by atoms with Crippen LogP contribution in [0.5, 0.6) is 5.75 Å². The molecule has 0 spiro atoms. The van der Waals surface area contributed by atoms with Crippen LogP contribution in [0.25, 0.3) is 0 Å². The van der Waals surface area contributed by atoms with Crippen molar-refractivity contribution in [3.8, 4) is 5.75 Å². The molecule has 0 aromatic heterocycles. The molecular formula is C12H12F3N2O2. The summed E-state index contributed by atoms with van der Waals surface area (Å²) < 4.78 is 42.0. The van der Waals surface area contributed by atoms with Gasteiger partial charge in [-0.15, -0.1) is 0 Å². The smallest absolute Gasteiger partial charge is 0.336 e. The summed E-state index contributed by atoms with van der Waals surface area (Å²) in [4.78, 5) is 11.0. The molecule has 4 nitrogen and oxygen atoms in total. The fourth-order valence-electron chi connectivity index (χ4n) is 1.73. The molecule has 1 aromatic rings. The number of alkyl halides is 3. The van der Waals surface area contributed by atoms with E-state index in [2.05, 4.69) is 10.6 Å². The maximum atomic E-state index is 12.8. The van der Waals surface area contributed by atoms with Gasteiger partial charge in [-0.05, 0) is 6.07 Å². The normalized spacial score (nSPS) is 20.0. The first-order valence-corrected chi connectivity index (χ1v) is 5.70. The van der Waals surface area contributed by atoms with Crippen molar-refractivity contribution in [3.05, 3.63) is 29.8 Å². The molecule has 2 amide bonds. The molecule has 7 heteroatoms. The predicted molar refractivity (Wildman–Crippen MR) is 61.1 cm³/mol. The van der Waals surface area contributed by atoms with Crippen LogP contribution in [0.4, 0.5) is 18.0 Å². The molecule has 0 bridgehead atoms. The van der Waals surface area contributed by atoms with Crippen molar-refractivity contribution in [3.63, 3.8) is 0 Å². The van der Waals surface area contributed by atoms with Crippen LogP contribution in [0.15, 0.2) is 24.3 Å². The summed E-state index contributed by atoms with van der Waals surface area (Å²) in [5.74, 6) is 0.271. The lowest BCUT2D eigenvalue weighted by Gasteiger charge is -2.16. The topological polar surface area (TPSA) is 52.4 Å². The number of rotatable bonds is 5. The minimum atomic E-state index is -3.08. The first kappa shape index (κ1) is 13.5. The average Bonchev–Trinajstić information content (AvgIpc) is 2.82. The highest BCUT2D eigenvalue weighted by atomic mass is 19.3. The van der Waals surface area contributed by atoms with Gasteiger partial charge < -0.3 is 10.1 Å². The van der Waals surface area contributed by atoms with Gasteiger partial charge in [-0.25, -0.2) is 23.3 Å². The summed E-state index contributed by atoms with van der Waals surface area (Å²) in [5.41, 5.74) is 0.596. The van der Waals surface area contributed by atoms with Crippen LogP contribution in [-0.4, -0.2) is 31.8 Å². The molecule has 1 fully saturated rings. The number of nitrogens with one attached hydrogen (secondary N) is 1. The van der Waals surface area contributed by atoms with Gasteiger partial charge in [0.1, 0.15) is 12.4 Å². The number of para-hydroxylation sites is 1. The van der Waals surface area contributed by atoms with Crippen LogP contribution >= 0.6 is 0 Å². The lowest BCUT2D eigenvalue weighted by Crippen LogP contribution is -2.23. The number of halogens is 3. The van der Waals surface area contributed by atoms with E-state index in [1.165, 1.54) is 6.07 Å². The number of ether oxygens (including phenoxy) is 1. The SMILES string of the molecule is O=C1[N]CC(c2ccccc2OCC(F)C(F)F)N1. The summed E-state index contributed by atoms with van der Waals surface area (Å²) in [6, 6.07) is 5.77. The maximum absolute atomic E-state index is 12.8. The summed E-state index contributed by atoms with van der Waals surface area (Å²) in [7, 11) is 0. The number of nitrogens with zero attached hydrogens (tertiary/aromatic N) is 1. The number of carbonyl (C=O) groups excluding carboxylic acids is 1. The van der Waals surface area contributed by atoms with Crippen molar-refractivity contribution in [1.29, 1.82) is 0 Å². The van der Waals surface area contributed by atoms with Crippen molar-refractivity contribution < 1.29 is 22.7 Å². The molecule has 2 rings (SSSR count). The van der Waals surface area contributed by atoms with Gasteiger partial charge in [-0.1, -0.05) is 18.2 Å². The molecule has 0 saturated carbocycles. The maximum Gasteiger partial charge on any atom is 0.336 e. The Bertz CT molecular complexity index is 456. The van der Waals surface area contributed by atoms with Gasteiger partial charge in [0.2, 0.25) is 0 Å². The van der Waals surface area contributed by atoms with Gasteiger partial charge in [0.05, 0.1) is 12.6 Å². The van der Waals surface area contributed by atoms with E-state index < -0.39 is 25.2 Å². The van der Waals surface area contributed by atoms with Crippen LogP contribution in [0.3, 0.4) is 0 Å². The Morgan fingerprint density at radius 2 is 2.11 bits per heavy atom. The highest BCUT2D eigenvalue weighted by Gasteiger charge is 2.26. The molecular weight excluding hydrogens is 261 g/mol. The van der Waals surface area contributed by atoms with Crippen LogP contribution in [0.2, 0.25) is 0 Å². The largest absolute Gasteiger partial charge is 0.490 e. The van der Waals surface area contributed by atoms with Crippen LogP contribution in [0.1, 0.15) is 11.6 Å². The van der Waals surface area contributed by atoms with E-state index in [9.17, 15) is 18.0 Å². The molecule has 1 saturated heterocycles. The van der Waals surface area contributed by atoms with Crippen molar-refractivity contribution in [1.82, 2.24) is 10.6 Å². The van der Waals surface area contributed by atoms with E-state index in [-0.39, 0.29) is 18.3 Å². The minimum absolute atomic E-state index is 0.243. The van der Waals surface area contributed by atoms with Gasteiger partial charge in [0.25, 0.3) is 6.43 Å². The van der Waals surface area contributed by atoms with E-state index in [1.807, 2.05) is 0 Å². The molecule has 103 valence electrons. The standard InChI is InChI=1S/C12H12F3N2O2/c13-8(11(14)15)6-19-10-4-2-1-3-7(10)9-5-16-12(18)17-9/h1-4,8-9,11H,5-6H2,(H,17,18). The van der Waals surface area contributed by atoms with Crippen molar-refractivity contribution in [2.45, 2.75) is 18.6 Å².